The summed E-state index contributed by atoms with van der Waals surface area (Å²) in [5.74, 6) is 0. The van der Waals surface area contributed by atoms with Gasteiger partial charge in [-0.2, -0.15) is 0 Å². The predicted octanol–water partition coefficient (Wildman–Crippen LogP) is 0.241. The molecule has 1 atom stereocenters. The van der Waals surface area contributed by atoms with Crippen LogP contribution in [0.15, 0.2) is 12.7 Å². The van der Waals surface area contributed by atoms with Gasteiger partial charge in [-0.25, -0.2) is 4.79 Å². The monoisotopic (exact) mass is 239 g/mol. The third-order valence-corrected chi connectivity index (χ3v) is 3.48. The van der Waals surface area contributed by atoms with Gasteiger partial charge in [-0.05, 0) is 7.05 Å². The predicted molar refractivity (Wildman–Crippen MR) is 66.0 cm³/mol. The maximum atomic E-state index is 11.7. The first kappa shape index (κ1) is 12.4. The quantitative estimate of drug-likeness (QED) is 0.647. The summed E-state index contributed by atoms with van der Waals surface area (Å²) in [4.78, 5) is 18.3. The first-order chi connectivity index (χ1) is 8.20. The number of fused-ring (bicyclic) bond motifs is 1. The zero-order valence-corrected chi connectivity index (χ0v) is 10.5. The Hall–Kier alpha value is -1.07. The van der Waals surface area contributed by atoms with Crippen LogP contribution in [0.5, 0.6) is 0 Å². The van der Waals surface area contributed by atoms with Crippen molar-refractivity contribution >= 4 is 6.09 Å². The molecule has 0 radical (unpaired) electrons. The molecule has 0 unspecified atom stereocenters. The summed E-state index contributed by atoms with van der Waals surface area (Å²) < 4.78 is 5.07. The van der Waals surface area contributed by atoms with Crippen LogP contribution in [0.4, 0.5) is 4.79 Å². The molecule has 2 rings (SSSR count). The summed E-state index contributed by atoms with van der Waals surface area (Å²) in [6.45, 7) is 9.61. The molecule has 2 saturated heterocycles. The maximum absolute atomic E-state index is 11.7. The number of hydrogen-bond acceptors (Lipinski definition) is 4. The number of rotatable bonds is 2. The van der Waals surface area contributed by atoms with Gasteiger partial charge in [-0.15, -0.1) is 0 Å². The average Bonchev–Trinajstić information content (AvgIpc) is 2.35. The minimum absolute atomic E-state index is 0.210. The molecule has 2 aliphatic rings. The molecule has 2 heterocycles. The lowest BCUT2D eigenvalue weighted by Crippen LogP contribution is -2.62. The van der Waals surface area contributed by atoms with Crippen LogP contribution in [-0.4, -0.2) is 79.8 Å². The molecule has 1 amide bonds. The van der Waals surface area contributed by atoms with Gasteiger partial charge in [0.2, 0.25) is 0 Å². The zero-order valence-electron chi connectivity index (χ0n) is 10.5. The third-order valence-electron chi connectivity index (χ3n) is 3.48. The Bertz CT molecular complexity index is 295. The van der Waals surface area contributed by atoms with Crippen molar-refractivity contribution in [3.8, 4) is 0 Å². The van der Waals surface area contributed by atoms with E-state index in [4.69, 9.17) is 4.74 Å². The molecule has 0 aromatic rings. The SMILES string of the molecule is C=CCOC(=O)N1CCN2CCN(C)C[C@@H]2C1. The van der Waals surface area contributed by atoms with E-state index in [2.05, 4.69) is 23.4 Å². The fourth-order valence-corrected chi connectivity index (χ4v) is 2.50. The van der Waals surface area contributed by atoms with Crippen molar-refractivity contribution < 1.29 is 9.53 Å². The van der Waals surface area contributed by atoms with Crippen molar-refractivity contribution in [2.24, 2.45) is 0 Å². The molecular weight excluding hydrogens is 218 g/mol. The molecule has 17 heavy (non-hydrogen) atoms. The van der Waals surface area contributed by atoms with E-state index in [1.807, 2.05) is 4.90 Å². The van der Waals surface area contributed by atoms with Crippen molar-refractivity contribution in [2.75, 3.05) is 52.9 Å². The van der Waals surface area contributed by atoms with Crippen LogP contribution >= 0.6 is 0 Å². The summed E-state index contributed by atoms with van der Waals surface area (Å²) in [5, 5.41) is 0. The molecule has 2 aliphatic heterocycles. The maximum Gasteiger partial charge on any atom is 0.410 e. The summed E-state index contributed by atoms with van der Waals surface area (Å²) in [5.41, 5.74) is 0. The number of piperazine rings is 2. The molecule has 5 nitrogen and oxygen atoms in total. The van der Waals surface area contributed by atoms with Crippen molar-refractivity contribution in [3.05, 3.63) is 12.7 Å². The van der Waals surface area contributed by atoms with E-state index in [1.165, 1.54) is 0 Å². The van der Waals surface area contributed by atoms with Crippen LogP contribution in [0.3, 0.4) is 0 Å². The second kappa shape index (κ2) is 5.51. The summed E-state index contributed by atoms with van der Waals surface area (Å²) in [6, 6.07) is 0.457. The molecule has 0 aromatic heterocycles. The first-order valence-corrected chi connectivity index (χ1v) is 6.16. The summed E-state index contributed by atoms with van der Waals surface area (Å²) in [6.07, 6.45) is 1.39. The van der Waals surface area contributed by atoms with E-state index in [0.29, 0.717) is 12.6 Å². The van der Waals surface area contributed by atoms with Crippen LogP contribution in [-0.2, 0) is 4.74 Å². The molecule has 0 saturated carbocycles. The number of carbonyl (C=O) groups excluding carboxylic acids is 1. The number of hydrogen-bond donors (Lipinski definition) is 0. The number of likely N-dealkylation sites (N-methyl/N-ethyl adjacent to an activating group) is 1. The van der Waals surface area contributed by atoms with Gasteiger partial charge in [-0.1, -0.05) is 12.7 Å². The number of nitrogens with zero attached hydrogens (tertiary/aromatic N) is 3. The molecule has 96 valence electrons. The van der Waals surface area contributed by atoms with Gasteiger partial charge < -0.3 is 14.5 Å². The summed E-state index contributed by atoms with van der Waals surface area (Å²) >= 11 is 0. The fourth-order valence-electron chi connectivity index (χ4n) is 2.50. The Balaban J connectivity index is 1.87. The highest BCUT2D eigenvalue weighted by molar-refractivity contribution is 5.67. The van der Waals surface area contributed by atoms with E-state index in [-0.39, 0.29) is 6.09 Å². The first-order valence-electron chi connectivity index (χ1n) is 6.16. The van der Waals surface area contributed by atoms with E-state index in [0.717, 1.165) is 39.3 Å². The lowest BCUT2D eigenvalue weighted by Gasteiger charge is -2.46. The number of amides is 1. The normalized spacial score (nSPS) is 26.4. The van der Waals surface area contributed by atoms with Crippen LogP contribution in [0, 0.1) is 0 Å². The van der Waals surface area contributed by atoms with Gasteiger partial charge in [0, 0.05) is 45.3 Å². The van der Waals surface area contributed by atoms with Crippen molar-refractivity contribution in [2.45, 2.75) is 6.04 Å². The van der Waals surface area contributed by atoms with E-state index in [9.17, 15) is 4.79 Å². The van der Waals surface area contributed by atoms with Crippen LogP contribution in [0.1, 0.15) is 0 Å². The van der Waals surface area contributed by atoms with Crippen LogP contribution in [0.2, 0.25) is 0 Å². The van der Waals surface area contributed by atoms with E-state index >= 15 is 0 Å². The average molecular weight is 239 g/mol. The molecule has 5 heteroatoms. The third kappa shape index (κ3) is 2.98. The Morgan fingerprint density at radius 2 is 2.12 bits per heavy atom. The highest BCUT2D eigenvalue weighted by atomic mass is 16.6. The second-order valence-electron chi connectivity index (χ2n) is 4.76. The fraction of sp³-hybridized carbons (Fsp3) is 0.750. The molecule has 2 fully saturated rings. The molecule has 0 aliphatic carbocycles. The van der Waals surface area contributed by atoms with Gasteiger partial charge in [0.05, 0.1) is 0 Å². The molecule has 0 spiro atoms. The minimum Gasteiger partial charge on any atom is -0.445 e. The summed E-state index contributed by atoms with van der Waals surface area (Å²) in [7, 11) is 2.13. The lowest BCUT2D eigenvalue weighted by atomic mass is 10.1. The van der Waals surface area contributed by atoms with Gasteiger partial charge in [0.25, 0.3) is 0 Å². The lowest BCUT2D eigenvalue weighted by molar-refractivity contribution is 0.0171. The van der Waals surface area contributed by atoms with Crippen molar-refractivity contribution in [1.82, 2.24) is 14.7 Å². The van der Waals surface area contributed by atoms with Crippen molar-refractivity contribution in [3.63, 3.8) is 0 Å². The standard InChI is InChI=1S/C12H21N3O2/c1-3-8-17-12(16)15-7-6-14-5-4-13(2)9-11(14)10-15/h3,11H,1,4-10H2,2H3/t11-/m1/s1. The van der Waals surface area contributed by atoms with E-state index < -0.39 is 0 Å². The van der Waals surface area contributed by atoms with Gasteiger partial charge in [-0.3, -0.25) is 4.90 Å². The van der Waals surface area contributed by atoms with E-state index in [1.54, 1.807) is 6.08 Å². The Morgan fingerprint density at radius 3 is 2.88 bits per heavy atom. The van der Waals surface area contributed by atoms with Gasteiger partial charge in [0.1, 0.15) is 6.61 Å². The smallest absolute Gasteiger partial charge is 0.410 e. The van der Waals surface area contributed by atoms with Crippen LogP contribution in [0.25, 0.3) is 0 Å². The van der Waals surface area contributed by atoms with Crippen molar-refractivity contribution in [1.29, 1.82) is 0 Å². The highest BCUT2D eigenvalue weighted by Crippen LogP contribution is 2.15. The second-order valence-corrected chi connectivity index (χ2v) is 4.76. The molecule has 0 aromatic carbocycles. The Morgan fingerprint density at radius 1 is 1.35 bits per heavy atom. The molecular formula is C12H21N3O2. The largest absolute Gasteiger partial charge is 0.445 e. The highest BCUT2D eigenvalue weighted by Gasteiger charge is 2.33. The van der Waals surface area contributed by atoms with Crippen LogP contribution < -0.4 is 0 Å². The van der Waals surface area contributed by atoms with Gasteiger partial charge in [0.15, 0.2) is 0 Å². The number of carbonyl (C=O) groups is 1. The zero-order chi connectivity index (χ0) is 12.3. The molecule has 0 N–H and O–H groups in total. The number of ether oxygens (including phenoxy) is 1. The topological polar surface area (TPSA) is 36.0 Å². The Kier molecular flexibility index (Phi) is 4.02. The van der Waals surface area contributed by atoms with Gasteiger partial charge >= 0.3 is 6.09 Å². The molecule has 0 bridgehead atoms. The Labute approximate surface area is 103 Å². The minimum atomic E-state index is -0.210.